The van der Waals surface area contributed by atoms with Crippen molar-refractivity contribution in [2.75, 3.05) is 33.4 Å². The summed E-state index contributed by atoms with van der Waals surface area (Å²) >= 11 is 0. The highest BCUT2D eigenvalue weighted by Gasteiger charge is 2.27. The number of carbonyl (C=O) groups is 1. The van der Waals surface area contributed by atoms with E-state index in [-0.39, 0.29) is 22.2 Å². The molecule has 3 rings (SSSR count). The van der Waals surface area contributed by atoms with E-state index in [4.69, 9.17) is 4.74 Å². The third kappa shape index (κ3) is 4.52. The van der Waals surface area contributed by atoms with Crippen LogP contribution in [0, 0.1) is 5.82 Å². The Kier molecular flexibility index (Phi) is 5.88. The number of hydrogen-bond acceptors (Lipinski definition) is 4. The summed E-state index contributed by atoms with van der Waals surface area (Å²) in [5, 5.41) is 0. The van der Waals surface area contributed by atoms with Crippen LogP contribution in [0.3, 0.4) is 0 Å². The average Bonchev–Trinajstić information content (AvgIpc) is 2.70. The van der Waals surface area contributed by atoms with E-state index in [0.29, 0.717) is 32.8 Å². The molecule has 1 aliphatic rings. The Morgan fingerprint density at radius 2 is 1.81 bits per heavy atom. The van der Waals surface area contributed by atoms with E-state index in [2.05, 4.69) is 0 Å². The number of morpholine rings is 1. The normalized spacial score (nSPS) is 15.5. The molecule has 8 heteroatoms. The number of amides is 1. The maximum atomic E-state index is 13.0. The van der Waals surface area contributed by atoms with E-state index in [0.717, 1.165) is 5.56 Å². The lowest BCUT2D eigenvalue weighted by molar-refractivity contribution is 0.0730. The zero-order chi connectivity index (χ0) is 19.4. The molecule has 0 aliphatic carbocycles. The summed E-state index contributed by atoms with van der Waals surface area (Å²) in [4.78, 5) is 14.2. The molecule has 0 spiro atoms. The number of rotatable bonds is 5. The van der Waals surface area contributed by atoms with Crippen molar-refractivity contribution in [1.82, 2.24) is 9.21 Å². The highest BCUT2D eigenvalue weighted by molar-refractivity contribution is 7.89. The summed E-state index contributed by atoms with van der Waals surface area (Å²) in [6, 6.07) is 11.9. The van der Waals surface area contributed by atoms with Crippen LogP contribution < -0.4 is 0 Å². The summed E-state index contributed by atoms with van der Waals surface area (Å²) in [6.07, 6.45) is 0. The molecule has 0 radical (unpaired) electrons. The number of ether oxygens (including phenoxy) is 1. The largest absolute Gasteiger partial charge is 0.379 e. The molecule has 0 aromatic heterocycles. The standard InChI is InChI=1S/C19H21FN2O4S/c1-21(14-15-5-7-17(20)8-6-15)19(23)16-3-2-4-18(13-16)27(24,25)22-9-11-26-12-10-22/h2-8,13H,9-12,14H2,1H3. The van der Waals surface area contributed by atoms with Crippen LogP contribution in [0.5, 0.6) is 0 Å². The summed E-state index contributed by atoms with van der Waals surface area (Å²) in [6.45, 7) is 1.60. The fourth-order valence-electron chi connectivity index (χ4n) is 2.88. The van der Waals surface area contributed by atoms with Crippen molar-refractivity contribution in [3.05, 3.63) is 65.5 Å². The fraction of sp³-hybridized carbons (Fsp3) is 0.316. The van der Waals surface area contributed by atoms with Gasteiger partial charge in [0.1, 0.15) is 5.82 Å². The molecule has 0 bridgehead atoms. The van der Waals surface area contributed by atoms with Gasteiger partial charge in [0.2, 0.25) is 10.0 Å². The summed E-state index contributed by atoms with van der Waals surface area (Å²) < 4.78 is 45.1. The molecule has 1 saturated heterocycles. The summed E-state index contributed by atoms with van der Waals surface area (Å²) in [5.41, 5.74) is 1.07. The number of halogens is 1. The molecule has 1 heterocycles. The molecule has 27 heavy (non-hydrogen) atoms. The Bertz CT molecular complexity index is 910. The van der Waals surface area contributed by atoms with Gasteiger partial charge in [-0.1, -0.05) is 18.2 Å². The quantitative estimate of drug-likeness (QED) is 0.782. The van der Waals surface area contributed by atoms with Crippen LogP contribution in [-0.4, -0.2) is 56.9 Å². The van der Waals surface area contributed by atoms with Crippen molar-refractivity contribution in [3.8, 4) is 0 Å². The van der Waals surface area contributed by atoms with Gasteiger partial charge in [-0.25, -0.2) is 12.8 Å². The molecule has 1 amide bonds. The van der Waals surface area contributed by atoms with Crippen LogP contribution in [0.4, 0.5) is 4.39 Å². The Balaban J connectivity index is 1.77. The van der Waals surface area contributed by atoms with Crippen molar-refractivity contribution in [3.63, 3.8) is 0 Å². The van der Waals surface area contributed by atoms with Crippen molar-refractivity contribution in [2.24, 2.45) is 0 Å². The lowest BCUT2D eigenvalue weighted by Gasteiger charge is -2.26. The highest BCUT2D eigenvalue weighted by Crippen LogP contribution is 2.19. The van der Waals surface area contributed by atoms with Crippen LogP contribution in [0.15, 0.2) is 53.4 Å². The van der Waals surface area contributed by atoms with Crippen molar-refractivity contribution in [1.29, 1.82) is 0 Å². The molecule has 2 aromatic carbocycles. The Morgan fingerprint density at radius 1 is 1.15 bits per heavy atom. The van der Waals surface area contributed by atoms with Crippen molar-refractivity contribution >= 4 is 15.9 Å². The first-order valence-electron chi connectivity index (χ1n) is 8.56. The summed E-state index contributed by atoms with van der Waals surface area (Å²) in [7, 11) is -2.05. The minimum atomic E-state index is -3.67. The number of nitrogens with zero attached hydrogens (tertiary/aromatic N) is 2. The Labute approximate surface area is 158 Å². The minimum absolute atomic E-state index is 0.0884. The Morgan fingerprint density at radius 3 is 2.48 bits per heavy atom. The summed E-state index contributed by atoms with van der Waals surface area (Å²) in [5.74, 6) is -0.646. The zero-order valence-electron chi connectivity index (χ0n) is 15.0. The van der Waals surface area contributed by atoms with E-state index in [1.54, 1.807) is 31.3 Å². The van der Waals surface area contributed by atoms with Gasteiger partial charge in [0, 0.05) is 32.2 Å². The average molecular weight is 392 g/mol. The van der Waals surface area contributed by atoms with Gasteiger partial charge in [0.25, 0.3) is 5.91 Å². The number of sulfonamides is 1. The van der Waals surface area contributed by atoms with Crippen molar-refractivity contribution < 1.29 is 22.3 Å². The van der Waals surface area contributed by atoms with Gasteiger partial charge in [-0.15, -0.1) is 0 Å². The molecule has 6 nitrogen and oxygen atoms in total. The van der Waals surface area contributed by atoms with Crippen molar-refractivity contribution in [2.45, 2.75) is 11.4 Å². The first-order chi connectivity index (χ1) is 12.9. The van der Waals surface area contributed by atoms with Crippen LogP contribution >= 0.6 is 0 Å². The van der Waals surface area contributed by atoms with E-state index < -0.39 is 10.0 Å². The van der Waals surface area contributed by atoms with E-state index in [1.165, 1.54) is 33.5 Å². The molecule has 0 unspecified atom stereocenters. The SMILES string of the molecule is CN(Cc1ccc(F)cc1)C(=O)c1cccc(S(=O)(=O)N2CCOCC2)c1. The fourth-order valence-corrected chi connectivity index (χ4v) is 4.34. The third-order valence-corrected chi connectivity index (χ3v) is 6.26. The molecule has 1 fully saturated rings. The van der Waals surface area contributed by atoms with Gasteiger partial charge < -0.3 is 9.64 Å². The molecule has 0 N–H and O–H groups in total. The second-order valence-corrected chi connectivity index (χ2v) is 8.27. The number of hydrogen-bond donors (Lipinski definition) is 0. The van der Waals surface area contributed by atoms with Gasteiger partial charge in [-0.2, -0.15) is 4.31 Å². The third-order valence-electron chi connectivity index (χ3n) is 4.37. The Hall–Kier alpha value is -2.29. The lowest BCUT2D eigenvalue weighted by Crippen LogP contribution is -2.40. The van der Waals surface area contributed by atoms with Gasteiger partial charge in [-0.3, -0.25) is 4.79 Å². The molecule has 1 aliphatic heterocycles. The number of carbonyl (C=O) groups excluding carboxylic acids is 1. The highest BCUT2D eigenvalue weighted by atomic mass is 32.2. The second kappa shape index (κ2) is 8.16. The molecule has 2 aromatic rings. The van der Waals surface area contributed by atoms with Gasteiger partial charge >= 0.3 is 0 Å². The predicted molar refractivity (Wildman–Crippen MR) is 98.2 cm³/mol. The minimum Gasteiger partial charge on any atom is -0.379 e. The van der Waals surface area contributed by atoms with E-state index in [1.807, 2.05) is 0 Å². The second-order valence-electron chi connectivity index (χ2n) is 6.33. The van der Waals surface area contributed by atoms with Crippen LogP contribution in [-0.2, 0) is 21.3 Å². The molecular weight excluding hydrogens is 371 g/mol. The van der Waals surface area contributed by atoms with E-state index >= 15 is 0 Å². The molecule has 0 atom stereocenters. The lowest BCUT2D eigenvalue weighted by atomic mass is 10.1. The van der Waals surface area contributed by atoms with Crippen LogP contribution in [0.2, 0.25) is 0 Å². The first-order valence-corrected chi connectivity index (χ1v) is 10.00. The van der Waals surface area contributed by atoms with E-state index in [9.17, 15) is 17.6 Å². The predicted octanol–water partition coefficient (Wildman–Crippen LogP) is 2.12. The number of benzene rings is 2. The first kappa shape index (κ1) is 19.5. The monoisotopic (exact) mass is 392 g/mol. The molecule has 144 valence electrons. The van der Waals surface area contributed by atoms with Crippen LogP contribution in [0.25, 0.3) is 0 Å². The molecular formula is C19H21FN2O4S. The van der Waals surface area contributed by atoms with Gasteiger partial charge in [-0.05, 0) is 35.9 Å². The topological polar surface area (TPSA) is 66.9 Å². The maximum absolute atomic E-state index is 13.0. The van der Waals surface area contributed by atoms with Gasteiger partial charge in [0.15, 0.2) is 0 Å². The zero-order valence-corrected chi connectivity index (χ0v) is 15.8. The smallest absolute Gasteiger partial charge is 0.253 e. The van der Waals surface area contributed by atoms with Crippen LogP contribution in [0.1, 0.15) is 15.9 Å². The van der Waals surface area contributed by atoms with Gasteiger partial charge in [0.05, 0.1) is 18.1 Å². The maximum Gasteiger partial charge on any atom is 0.253 e. The molecule has 0 saturated carbocycles.